The number of piperidine rings is 1. The molecule has 0 radical (unpaired) electrons. The van der Waals surface area contributed by atoms with E-state index in [2.05, 4.69) is 9.38 Å². The Kier molecular flexibility index (Phi) is 7.40. The number of ether oxygens (including phenoxy) is 2. The van der Waals surface area contributed by atoms with Gasteiger partial charge < -0.3 is 18.9 Å². The molecule has 9 heteroatoms. The molecule has 2 aromatic carbocycles. The highest BCUT2D eigenvalue weighted by atomic mass is 32.2. The van der Waals surface area contributed by atoms with Gasteiger partial charge >= 0.3 is 6.09 Å². The van der Waals surface area contributed by atoms with E-state index in [1.165, 1.54) is 12.1 Å². The van der Waals surface area contributed by atoms with E-state index >= 15 is 0 Å². The number of amides is 1. The summed E-state index contributed by atoms with van der Waals surface area (Å²) >= 11 is -1.41. The SMILES string of the molecule is CC(C)(C)[S+]([O-])N=Cc1cc(OC2[C@H]3CN(C(=O)OCc4ccccc4)C[C@@H]23)nc(-c2ccc(F)cc2)c1. The minimum atomic E-state index is -1.41. The van der Waals surface area contributed by atoms with Gasteiger partial charge in [-0.15, -0.1) is 0 Å². The maximum absolute atomic E-state index is 13.5. The van der Waals surface area contributed by atoms with Gasteiger partial charge in [0.15, 0.2) is 0 Å². The number of likely N-dealkylation sites (tertiary alicyclic amines) is 1. The number of benzene rings is 2. The monoisotopic (exact) mass is 535 g/mol. The Bertz CT molecular complexity index is 1300. The molecule has 5 rings (SSSR count). The largest absolute Gasteiger partial charge is 0.591 e. The van der Waals surface area contributed by atoms with Gasteiger partial charge in [0.1, 0.15) is 34.6 Å². The molecule has 1 saturated carbocycles. The first-order chi connectivity index (χ1) is 18.2. The van der Waals surface area contributed by atoms with Crippen LogP contribution in [-0.4, -0.2) is 50.7 Å². The fraction of sp³-hybridized carbons (Fsp3) is 0.345. The quantitative estimate of drug-likeness (QED) is 0.298. The fourth-order valence-electron chi connectivity index (χ4n) is 4.44. The minimum Gasteiger partial charge on any atom is -0.591 e. The molecule has 0 spiro atoms. The van der Waals surface area contributed by atoms with Gasteiger partial charge in [0.25, 0.3) is 0 Å². The number of hydrogen-bond acceptors (Lipinski definition) is 6. The van der Waals surface area contributed by atoms with E-state index in [4.69, 9.17) is 9.47 Å². The molecule has 1 aliphatic heterocycles. The van der Waals surface area contributed by atoms with Crippen molar-refractivity contribution in [3.8, 4) is 17.1 Å². The zero-order valence-electron chi connectivity index (χ0n) is 21.5. The number of carbonyl (C=O) groups excluding carboxylic acids is 1. The van der Waals surface area contributed by atoms with Crippen LogP contribution in [0.15, 0.2) is 71.1 Å². The van der Waals surface area contributed by atoms with Crippen LogP contribution in [0.4, 0.5) is 9.18 Å². The van der Waals surface area contributed by atoms with Crippen molar-refractivity contribution in [1.82, 2.24) is 9.88 Å². The van der Waals surface area contributed by atoms with Gasteiger partial charge in [0, 0.05) is 42.1 Å². The van der Waals surface area contributed by atoms with E-state index in [1.54, 1.807) is 29.3 Å². The fourth-order valence-corrected chi connectivity index (χ4v) is 4.98. The Morgan fingerprint density at radius 3 is 2.47 bits per heavy atom. The van der Waals surface area contributed by atoms with Crippen LogP contribution in [0.5, 0.6) is 5.88 Å². The number of rotatable bonds is 7. The van der Waals surface area contributed by atoms with Crippen LogP contribution in [-0.2, 0) is 22.7 Å². The van der Waals surface area contributed by atoms with Crippen molar-refractivity contribution in [3.63, 3.8) is 0 Å². The first-order valence-electron chi connectivity index (χ1n) is 12.5. The van der Waals surface area contributed by atoms with Crippen LogP contribution in [0.25, 0.3) is 11.3 Å². The summed E-state index contributed by atoms with van der Waals surface area (Å²) in [5, 5.41) is 0. The molecule has 7 nitrogen and oxygen atoms in total. The van der Waals surface area contributed by atoms with Crippen LogP contribution >= 0.6 is 0 Å². The topological polar surface area (TPSA) is 87.1 Å². The molecule has 1 saturated heterocycles. The summed E-state index contributed by atoms with van der Waals surface area (Å²) in [5.41, 5.74) is 2.96. The molecule has 2 aliphatic rings. The van der Waals surface area contributed by atoms with E-state index in [0.29, 0.717) is 30.2 Å². The van der Waals surface area contributed by atoms with Crippen LogP contribution in [0.3, 0.4) is 0 Å². The Balaban J connectivity index is 1.25. The van der Waals surface area contributed by atoms with Crippen molar-refractivity contribution in [1.29, 1.82) is 0 Å². The Morgan fingerprint density at radius 2 is 1.82 bits per heavy atom. The summed E-state index contributed by atoms with van der Waals surface area (Å²) in [5.74, 6) is 0.496. The number of pyridine rings is 1. The van der Waals surface area contributed by atoms with Crippen LogP contribution in [0.1, 0.15) is 31.9 Å². The zero-order valence-corrected chi connectivity index (χ0v) is 22.4. The molecular weight excluding hydrogens is 505 g/mol. The number of hydrogen-bond donors (Lipinski definition) is 0. The molecule has 2 heterocycles. The number of carbonyl (C=O) groups is 1. The summed E-state index contributed by atoms with van der Waals surface area (Å²) in [7, 11) is 0. The first-order valence-corrected chi connectivity index (χ1v) is 13.6. The number of nitrogens with zero attached hydrogens (tertiary/aromatic N) is 3. The number of aromatic nitrogens is 1. The maximum Gasteiger partial charge on any atom is 0.410 e. The Hall–Kier alpha value is -3.43. The van der Waals surface area contributed by atoms with Crippen molar-refractivity contribution in [2.24, 2.45) is 16.2 Å². The van der Waals surface area contributed by atoms with Crippen molar-refractivity contribution in [3.05, 3.63) is 83.7 Å². The summed E-state index contributed by atoms with van der Waals surface area (Å²) in [6.07, 6.45) is 1.18. The third-order valence-electron chi connectivity index (χ3n) is 6.62. The van der Waals surface area contributed by atoms with E-state index < -0.39 is 16.1 Å². The lowest BCUT2D eigenvalue weighted by Gasteiger charge is -2.20. The lowest BCUT2D eigenvalue weighted by Crippen LogP contribution is -2.33. The predicted octanol–water partition coefficient (Wildman–Crippen LogP) is 5.41. The molecular formula is C29H30FN3O4S. The summed E-state index contributed by atoms with van der Waals surface area (Å²) < 4.78 is 41.4. The Labute approximate surface area is 225 Å². The second-order valence-corrected chi connectivity index (χ2v) is 12.5. The van der Waals surface area contributed by atoms with Crippen molar-refractivity contribution >= 4 is 23.7 Å². The first kappa shape index (κ1) is 26.2. The molecule has 198 valence electrons. The summed E-state index contributed by atoms with van der Waals surface area (Å²) in [6, 6.07) is 19.2. The third kappa shape index (κ3) is 6.16. The second kappa shape index (κ2) is 10.7. The number of fused-ring (bicyclic) bond motifs is 1. The van der Waals surface area contributed by atoms with E-state index in [9.17, 15) is 13.7 Å². The highest BCUT2D eigenvalue weighted by Crippen LogP contribution is 2.48. The normalized spacial score (nSPS) is 21.3. The van der Waals surface area contributed by atoms with Crippen molar-refractivity contribution in [2.45, 2.75) is 38.2 Å². The zero-order chi connectivity index (χ0) is 26.9. The lowest BCUT2D eigenvalue weighted by molar-refractivity contribution is 0.0945. The van der Waals surface area contributed by atoms with Gasteiger partial charge in [-0.25, -0.2) is 14.2 Å². The standard InChI is InChI=1S/C29H30FN3O4S/c1-29(2,3)38(35)31-15-20-13-25(21-9-11-22(30)12-10-21)32-26(14-20)37-27-23-16-33(17-24(23)27)28(34)36-18-19-7-5-4-6-8-19/h4-15,23-24,27H,16-18H2,1-3H3/t23-,24+,27?,38?. The molecule has 1 amide bonds. The van der Waals surface area contributed by atoms with Crippen molar-refractivity contribution < 1.29 is 23.2 Å². The van der Waals surface area contributed by atoms with Crippen molar-refractivity contribution in [2.75, 3.05) is 13.1 Å². The number of halogens is 1. The van der Waals surface area contributed by atoms with Crippen LogP contribution in [0.2, 0.25) is 0 Å². The van der Waals surface area contributed by atoms with Crippen LogP contribution in [0, 0.1) is 17.7 Å². The molecule has 1 aliphatic carbocycles. The van der Waals surface area contributed by atoms with Gasteiger partial charge in [-0.1, -0.05) is 34.7 Å². The summed E-state index contributed by atoms with van der Waals surface area (Å²) in [4.78, 5) is 18.9. The van der Waals surface area contributed by atoms with E-state index in [0.717, 1.165) is 11.1 Å². The summed E-state index contributed by atoms with van der Waals surface area (Å²) in [6.45, 7) is 6.96. The van der Waals surface area contributed by atoms with Gasteiger partial charge in [0.05, 0.1) is 11.9 Å². The maximum atomic E-state index is 13.5. The van der Waals surface area contributed by atoms with Gasteiger partial charge in [0.2, 0.25) is 5.88 Å². The molecule has 2 fully saturated rings. The minimum absolute atomic E-state index is 0.0577. The highest BCUT2D eigenvalue weighted by Gasteiger charge is 2.59. The van der Waals surface area contributed by atoms with Gasteiger partial charge in [-0.05, 0) is 56.7 Å². The lowest BCUT2D eigenvalue weighted by atomic mass is 10.1. The molecule has 2 unspecified atom stereocenters. The molecule has 0 N–H and O–H groups in total. The molecule has 1 aromatic heterocycles. The highest BCUT2D eigenvalue weighted by molar-refractivity contribution is 7.91. The molecule has 38 heavy (non-hydrogen) atoms. The van der Waals surface area contributed by atoms with Gasteiger partial charge in [-0.3, -0.25) is 0 Å². The predicted molar refractivity (Wildman–Crippen MR) is 145 cm³/mol. The molecule has 3 aromatic rings. The smallest absolute Gasteiger partial charge is 0.410 e. The van der Waals surface area contributed by atoms with Gasteiger partial charge in [-0.2, -0.15) is 0 Å². The van der Waals surface area contributed by atoms with E-state index in [1.807, 2.05) is 57.2 Å². The van der Waals surface area contributed by atoms with Crippen LogP contribution < -0.4 is 4.74 Å². The molecule has 4 atom stereocenters. The average Bonchev–Trinajstić information content (AvgIpc) is 3.31. The Morgan fingerprint density at radius 1 is 1.13 bits per heavy atom. The third-order valence-corrected chi connectivity index (χ3v) is 7.97. The second-order valence-electron chi connectivity index (χ2n) is 10.6. The van der Waals surface area contributed by atoms with E-state index in [-0.39, 0.29) is 36.5 Å². The average molecular weight is 536 g/mol. The molecule has 0 bridgehead atoms.